The maximum absolute atomic E-state index is 12.1. The molecular formula is C13H24N2O2. The molecule has 0 aromatic rings. The van der Waals surface area contributed by atoms with Gasteiger partial charge in [0.15, 0.2) is 0 Å². The van der Waals surface area contributed by atoms with Crippen LogP contribution in [0.25, 0.3) is 0 Å². The van der Waals surface area contributed by atoms with E-state index in [0.29, 0.717) is 18.1 Å². The quantitative estimate of drug-likeness (QED) is 0.775. The third-order valence-electron chi connectivity index (χ3n) is 4.05. The highest BCUT2D eigenvalue weighted by molar-refractivity contribution is 5.82. The fourth-order valence-corrected chi connectivity index (χ4v) is 2.89. The summed E-state index contributed by atoms with van der Waals surface area (Å²) in [5.41, 5.74) is 0. The van der Waals surface area contributed by atoms with Crippen molar-refractivity contribution in [2.75, 3.05) is 13.7 Å². The molecule has 1 heterocycles. The lowest BCUT2D eigenvalue weighted by atomic mass is 9.94. The predicted molar refractivity (Wildman–Crippen MR) is 66.8 cm³/mol. The lowest BCUT2D eigenvalue weighted by molar-refractivity contribution is -0.124. The molecule has 0 spiro atoms. The Morgan fingerprint density at radius 3 is 2.76 bits per heavy atom. The molecule has 0 aromatic heterocycles. The van der Waals surface area contributed by atoms with E-state index in [1.54, 1.807) is 7.11 Å². The number of rotatable bonds is 3. The van der Waals surface area contributed by atoms with Crippen LogP contribution in [0, 0.1) is 5.92 Å². The second kappa shape index (κ2) is 5.83. The smallest absolute Gasteiger partial charge is 0.237 e. The van der Waals surface area contributed by atoms with Crippen LogP contribution in [0.5, 0.6) is 0 Å². The van der Waals surface area contributed by atoms with Gasteiger partial charge in [0.25, 0.3) is 0 Å². The number of carbonyl (C=O) groups is 1. The molecule has 4 nitrogen and oxygen atoms in total. The maximum atomic E-state index is 12.1. The van der Waals surface area contributed by atoms with Gasteiger partial charge in [-0.05, 0) is 44.6 Å². The number of nitrogens with one attached hydrogen (secondary N) is 2. The molecule has 1 saturated carbocycles. The summed E-state index contributed by atoms with van der Waals surface area (Å²) in [6.07, 6.45) is 5.55. The van der Waals surface area contributed by atoms with Crippen molar-refractivity contribution in [3.63, 3.8) is 0 Å². The van der Waals surface area contributed by atoms with Gasteiger partial charge in [-0.25, -0.2) is 0 Å². The van der Waals surface area contributed by atoms with Gasteiger partial charge in [0, 0.05) is 13.2 Å². The molecule has 4 atom stereocenters. The summed E-state index contributed by atoms with van der Waals surface area (Å²) in [6.45, 7) is 3.18. The van der Waals surface area contributed by atoms with Crippen molar-refractivity contribution in [2.45, 2.75) is 57.2 Å². The first-order chi connectivity index (χ1) is 8.19. The van der Waals surface area contributed by atoms with Crippen LogP contribution in [0.2, 0.25) is 0 Å². The highest BCUT2D eigenvalue weighted by Gasteiger charge is 2.29. The molecule has 1 aliphatic heterocycles. The van der Waals surface area contributed by atoms with Gasteiger partial charge >= 0.3 is 0 Å². The average Bonchev–Trinajstić information content (AvgIpc) is 2.77. The van der Waals surface area contributed by atoms with Crippen molar-refractivity contribution in [1.82, 2.24) is 10.6 Å². The van der Waals surface area contributed by atoms with E-state index in [4.69, 9.17) is 4.74 Å². The number of hydrogen-bond donors (Lipinski definition) is 2. The number of methoxy groups -OCH3 is 1. The van der Waals surface area contributed by atoms with Crippen LogP contribution in [0.1, 0.15) is 39.0 Å². The summed E-state index contributed by atoms with van der Waals surface area (Å²) in [5, 5.41) is 6.46. The van der Waals surface area contributed by atoms with E-state index in [9.17, 15) is 4.79 Å². The maximum Gasteiger partial charge on any atom is 0.237 e. The number of ether oxygens (including phenoxy) is 1. The molecule has 2 fully saturated rings. The zero-order chi connectivity index (χ0) is 12.3. The molecule has 0 aromatic carbocycles. The number of carbonyl (C=O) groups excluding carboxylic acids is 1. The molecule has 1 amide bonds. The van der Waals surface area contributed by atoms with Gasteiger partial charge in [0.2, 0.25) is 5.91 Å². The van der Waals surface area contributed by atoms with Crippen LogP contribution >= 0.6 is 0 Å². The van der Waals surface area contributed by atoms with Crippen molar-refractivity contribution in [3.05, 3.63) is 0 Å². The first kappa shape index (κ1) is 12.8. The molecule has 1 aliphatic carbocycles. The molecule has 4 unspecified atom stereocenters. The van der Waals surface area contributed by atoms with Crippen molar-refractivity contribution in [2.24, 2.45) is 5.92 Å². The van der Waals surface area contributed by atoms with Gasteiger partial charge in [-0.3, -0.25) is 4.79 Å². The first-order valence-electron chi connectivity index (χ1n) is 6.75. The first-order valence-corrected chi connectivity index (χ1v) is 6.75. The van der Waals surface area contributed by atoms with Crippen LogP contribution < -0.4 is 10.6 Å². The van der Waals surface area contributed by atoms with Crippen LogP contribution in [0.15, 0.2) is 0 Å². The molecule has 2 N–H and O–H groups in total. The fourth-order valence-electron chi connectivity index (χ4n) is 2.89. The second-order valence-corrected chi connectivity index (χ2v) is 5.51. The molecule has 17 heavy (non-hydrogen) atoms. The SMILES string of the molecule is COC1CCC(NC(=O)C2CC(C)CCN2)C1. The Morgan fingerprint density at radius 1 is 1.29 bits per heavy atom. The summed E-state index contributed by atoms with van der Waals surface area (Å²) in [7, 11) is 1.75. The summed E-state index contributed by atoms with van der Waals surface area (Å²) in [6, 6.07) is 0.326. The minimum absolute atomic E-state index is 0.0142. The summed E-state index contributed by atoms with van der Waals surface area (Å²) >= 11 is 0. The largest absolute Gasteiger partial charge is 0.381 e. The predicted octanol–water partition coefficient (Wildman–Crippen LogP) is 1.06. The van der Waals surface area contributed by atoms with E-state index in [-0.39, 0.29) is 11.9 Å². The van der Waals surface area contributed by atoms with E-state index in [2.05, 4.69) is 17.6 Å². The minimum atomic E-state index is 0.0142. The molecular weight excluding hydrogens is 216 g/mol. The zero-order valence-electron chi connectivity index (χ0n) is 10.9. The molecule has 1 saturated heterocycles. The summed E-state index contributed by atoms with van der Waals surface area (Å²) in [5.74, 6) is 0.834. The van der Waals surface area contributed by atoms with Gasteiger partial charge in [-0.1, -0.05) is 6.92 Å². The number of piperidine rings is 1. The van der Waals surface area contributed by atoms with Crippen LogP contribution in [-0.4, -0.2) is 37.7 Å². The van der Waals surface area contributed by atoms with E-state index in [1.165, 1.54) is 6.42 Å². The summed E-state index contributed by atoms with van der Waals surface area (Å²) < 4.78 is 5.32. The second-order valence-electron chi connectivity index (χ2n) is 5.51. The topological polar surface area (TPSA) is 50.4 Å². The highest BCUT2D eigenvalue weighted by atomic mass is 16.5. The van der Waals surface area contributed by atoms with Gasteiger partial charge in [0.1, 0.15) is 0 Å². The average molecular weight is 240 g/mol. The Hall–Kier alpha value is -0.610. The molecule has 0 radical (unpaired) electrons. The van der Waals surface area contributed by atoms with Gasteiger partial charge in [0.05, 0.1) is 12.1 Å². The van der Waals surface area contributed by atoms with Crippen LogP contribution in [0.3, 0.4) is 0 Å². The lowest BCUT2D eigenvalue weighted by Crippen LogP contribution is -2.50. The van der Waals surface area contributed by atoms with Crippen molar-refractivity contribution in [1.29, 1.82) is 0 Å². The van der Waals surface area contributed by atoms with Gasteiger partial charge in [-0.15, -0.1) is 0 Å². The van der Waals surface area contributed by atoms with Crippen molar-refractivity contribution >= 4 is 5.91 Å². The normalized spacial score (nSPS) is 38.0. The molecule has 2 aliphatic rings. The zero-order valence-corrected chi connectivity index (χ0v) is 10.9. The van der Waals surface area contributed by atoms with Crippen molar-refractivity contribution in [3.8, 4) is 0 Å². The monoisotopic (exact) mass is 240 g/mol. The highest BCUT2D eigenvalue weighted by Crippen LogP contribution is 2.22. The Kier molecular flexibility index (Phi) is 4.40. The minimum Gasteiger partial charge on any atom is -0.381 e. The van der Waals surface area contributed by atoms with Crippen LogP contribution in [-0.2, 0) is 9.53 Å². The van der Waals surface area contributed by atoms with Gasteiger partial charge < -0.3 is 15.4 Å². The Balaban J connectivity index is 1.77. The van der Waals surface area contributed by atoms with E-state index < -0.39 is 0 Å². The molecule has 98 valence electrons. The Morgan fingerprint density at radius 2 is 2.12 bits per heavy atom. The Labute approximate surface area is 103 Å². The standard InChI is InChI=1S/C13H24N2O2/c1-9-5-6-14-12(7-9)13(16)15-10-3-4-11(8-10)17-2/h9-12,14H,3-8H2,1-2H3,(H,15,16). The number of hydrogen-bond acceptors (Lipinski definition) is 3. The summed E-state index contributed by atoms with van der Waals surface area (Å²) in [4.78, 5) is 12.1. The lowest BCUT2D eigenvalue weighted by Gasteiger charge is -2.28. The van der Waals surface area contributed by atoms with Crippen molar-refractivity contribution < 1.29 is 9.53 Å². The third kappa shape index (κ3) is 3.42. The number of amides is 1. The van der Waals surface area contributed by atoms with E-state index >= 15 is 0 Å². The molecule has 4 heteroatoms. The molecule has 0 bridgehead atoms. The molecule has 2 rings (SSSR count). The van der Waals surface area contributed by atoms with E-state index in [0.717, 1.165) is 32.2 Å². The fraction of sp³-hybridized carbons (Fsp3) is 0.923. The van der Waals surface area contributed by atoms with Crippen LogP contribution in [0.4, 0.5) is 0 Å². The van der Waals surface area contributed by atoms with Gasteiger partial charge in [-0.2, -0.15) is 0 Å². The Bertz CT molecular complexity index is 270. The third-order valence-corrected chi connectivity index (χ3v) is 4.05. The van der Waals surface area contributed by atoms with E-state index in [1.807, 2.05) is 0 Å².